The molecule has 4 aromatic rings. The van der Waals surface area contributed by atoms with Crippen molar-refractivity contribution in [1.82, 2.24) is 9.88 Å². The van der Waals surface area contributed by atoms with E-state index in [-0.39, 0.29) is 21.5 Å². The molecule has 2 amide bonds. The summed E-state index contributed by atoms with van der Waals surface area (Å²) in [4.78, 5) is 39.2. The standard InChI is InChI=1S/C26H17Cl2N3O5S/c1-35-25(34)22-9-7-16(36-22)13-30-12-14(17-4-2-3-5-21(17)30)10-18-23(32)29-26(37)31(24(18)33)15-6-8-19(27)20(28)11-15/h2-12H,13H2,1H3,(H,29,32,37)/b18-10+. The van der Waals surface area contributed by atoms with Crippen LogP contribution >= 0.6 is 35.4 Å². The quantitative estimate of drug-likeness (QED) is 0.158. The predicted molar refractivity (Wildman–Crippen MR) is 144 cm³/mol. The lowest BCUT2D eigenvalue weighted by Crippen LogP contribution is -2.54. The molecule has 1 N–H and O–H groups in total. The van der Waals surface area contributed by atoms with Crippen LogP contribution in [0.1, 0.15) is 21.9 Å². The van der Waals surface area contributed by atoms with E-state index in [4.69, 9.17) is 44.6 Å². The Bertz CT molecular complexity index is 1640. The molecule has 1 saturated heterocycles. The predicted octanol–water partition coefficient (Wildman–Crippen LogP) is 5.21. The summed E-state index contributed by atoms with van der Waals surface area (Å²) < 4.78 is 12.2. The fourth-order valence-electron chi connectivity index (χ4n) is 4.03. The largest absolute Gasteiger partial charge is 0.463 e. The van der Waals surface area contributed by atoms with Crippen molar-refractivity contribution in [1.29, 1.82) is 0 Å². The van der Waals surface area contributed by atoms with E-state index in [0.29, 0.717) is 28.6 Å². The number of thiocarbonyl (C=S) groups is 1. The summed E-state index contributed by atoms with van der Waals surface area (Å²) in [6.07, 6.45) is 3.32. The van der Waals surface area contributed by atoms with Crippen LogP contribution in [0.4, 0.5) is 5.69 Å². The molecule has 2 aromatic carbocycles. The normalized spacial score (nSPS) is 14.9. The third-order valence-electron chi connectivity index (χ3n) is 5.76. The Morgan fingerprint density at radius 1 is 1.11 bits per heavy atom. The number of amides is 2. The van der Waals surface area contributed by atoms with Gasteiger partial charge >= 0.3 is 5.97 Å². The number of benzene rings is 2. The van der Waals surface area contributed by atoms with Gasteiger partial charge in [0.2, 0.25) is 5.76 Å². The minimum atomic E-state index is -0.614. The summed E-state index contributed by atoms with van der Waals surface area (Å²) in [5.41, 5.74) is 1.74. The van der Waals surface area contributed by atoms with Gasteiger partial charge in [-0.15, -0.1) is 0 Å². The number of esters is 1. The van der Waals surface area contributed by atoms with Crippen molar-refractivity contribution in [2.75, 3.05) is 12.0 Å². The average molecular weight is 554 g/mol. The molecule has 5 rings (SSSR count). The summed E-state index contributed by atoms with van der Waals surface area (Å²) in [5, 5.41) is 3.88. The molecular weight excluding hydrogens is 537 g/mol. The number of halogens is 2. The van der Waals surface area contributed by atoms with Crippen LogP contribution < -0.4 is 10.2 Å². The van der Waals surface area contributed by atoms with Gasteiger partial charge < -0.3 is 13.7 Å². The number of hydrogen-bond acceptors (Lipinski definition) is 6. The molecule has 37 heavy (non-hydrogen) atoms. The Kier molecular flexibility index (Phi) is 6.59. The average Bonchev–Trinajstić information content (AvgIpc) is 3.48. The lowest BCUT2D eigenvalue weighted by Gasteiger charge is -2.29. The Balaban J connectivity index is 1.53. The van der Waals surface area contributed by atoms with Crippen molar-refractivity contribution in [3.05, 3.63) is 93.5 Å². The molecule has 0 bridgehead atoms. The fourth-order valence-corrected chi connectivity index (χ4v) is 4.61. The lowest BCUT2D eigenvalue weighted by atomic mass is 10.1. The van der Waals surface area contributed by atoms with Gasteiger partial charge in [0.1, 0.15) is 11.3 Å². The van der Waals surface area contributed by atoms with Gasteiger partial charge in [-0.25, -0.2) is 4.79 Å². The highest BCUT2D eigenvalue weighted by Gasteiger charge is 2.35. The zero-order valence-electron chi connectivity index (χ0n) is 19.2. The van der Waals surface area contributed by atoms with Gasteiger partial charge in [0.05, 0.1) is 29.4 Å². The molecule has 0 spiro atoms. The van der Waals surface area contributed by atoms with E-state index in [2.05, 4.69) is 5.32 Å². The summed E-state index contributed by atoms with van der Waals surface area (Å²) in [7, 11) is 1.28. The molecular formula is C26H17Cl2N3O5S. The summed E-state index contributed by atoms with van der Waals surface area (Å²) in [6.45, 7) is 0.306. The maximum absolute atomic E-state index is 13.4. The first kappa shape index (κ1) is 24.8. The van der Waals surface area contributed by atoms with Crippen molar-refractivity contribution >= 4 is 81.0 Å². The Hall–Kier alpha value is -3.92. The summed E-state index contributed by atoms with van der Waals surface area (Å²) >= 11 is 17.4. The highest BCUT2D eigenvalue weighted by molar-refractivity contribution is 7.80. The van der Waals surface area contributed by atoms with Crippen molar-refractivity contribution in [2.45, 2.75) is 6.54 Å². The number of fused-ring (bicyclic) bond motifs is 1. The number of nitrogens with zero attached hydrogens (tertiary/aromatic N) is 2. The molecule has 1 aliphatic rings. The van der Waals surface area contributed by atoms with Gasteiger partial charge in [0.15, 0.2) is 5.11 Å². The first-order valence-corrected chi connectivity index (χ1v) is 12.0. The molecule has 1 aliphatic heterocycles. The highest BCUT2D eigenvalue weighted by Crippen LogP contribution is 2.31. The maximum atomic E-state index is 13.4. The smallest absolute Gasteiger partial charge is 0.373 e. The SMILES string of the molecule is COC(=O)c1ccc(Cn2cc(/C=C3\C(=O)NC(=S)N(c4ccc(Cl)c(Cl)c4)C3=O)c3ccccc32)o1. The van der Waals surface area contributed by atoms with Crippen LogP contribution in [0.2, 0.25) is 10.0 Å². The first-order chi connectivity index (χ1) is 17.8. The second kappa shape index (κ2) is 9.85. The molecule has 0 unspecified atom stereocenters. The topological polar surface area (TPSA) is 93.8 Å². The van der Waals surface area contributed by atoms with Crippen LogP contribution in [-0.2, 0) is 20.9 Å². The minimum Gasteiger partial charge on any atom is -0.463 e. The van der Waals surface area contributed by atoms with Gasteiger partial charge in [-0.3, -0.25) is 19.8 Å². The molecule has 3 heterocycles. The molecule has 0 aliphatic carbocycles. The van der Waals surface area contributed by atoms with Crippen LogP contribution in [0.25, 0.3) is 17.0 Å². The van der Waals surface area contributed by atoms with Crippen LogP contribution in [0, 0.1) is 0 Å². The first-order valence-electron chi connectivity index (χ1n) is 10.9. The van der Waals surface area contributed by atoms with Crippen molar-refractivity contribution in [2.24, 2.45) is 0 Å². The molecule has 8 nitrogen and oxygen atoms in total. The second-order valence-corrected chi connectivity index (χ2v) is 9.24. The number of methoxy groups -OCH3 is 1. The lowest BCUT2D eigenvalue weighted by molar-refractivity contribution is -0.122. The summed E-state index contributed by atoms with van der Waals surface area (Å²) in [5.74, 6) is -1.16. The van der Waals surface area contributed by atoms with Crippen molar-refractivity contribution < 1.29 is 23.5 Å². The van der Waals surface area contributed by atoms with E-state index in [1.165, 1.54) is 24.2 Å². The number of carbonyl (C=O) groups excluding carboxylic acids is 3. The van der Waals surface area contributed by atoms with E-state index in [1.54, 1.807) is 30.5 Å². The van der Waals surface area contributed by atoms with Gasteiger partial charge in [-0.2, -0.15) is 0 Å². The third-order valence-corrected chi connectivity index (χ3v) is 6.78. The zero-order valence-corrected chi connectivity index (χ0v) is 21.5. The number of carbonyl (C=O) groups is 3. The number of aromatic nitrogens is 1. The minimum absolute atomic E-state index is 0.0628. The number of hydrogen-bond donors (Lipinski definition) is 1. The van der Waals surface area contributed by atoms with Crippen LogP contribution in [0.5, 0.6) is 0 Å². The van der Waals surface area contributed by atoms with E-state index in [9.17, 15) is 14.4 Å². The fraction of sp³-hybridized carbons (Fsp3) is 0.0769. The van der Waals surface area contributed by atoms with Crippen molar-refractivity contribution in [3.63, 3.8) is 0 Å². The maximum Gasteiger partial charge on any atom is 0.373 e. The molecule has 0 atom stereocenters. The van der Waals surface area contributed by atoms with Gasteiger partial charge in [-0.05, 0) is 54.7 Å². The van der Waals surface area contributed by atoms with Gasteiger partial charge in [0, 0.05) is 22.7 Å². The van der Waals surface area contributed by atoms with Gasteiger partial charge in [0.25, 0.3) is 11.8 Å². The summed E-state index contributed by atoms with van der Waals surface area (Å²) in [6, 6.07) is 15.4. The molecule has 186 valence electrons. The van der Waals surface area contributed by atoms with Crippen molar-refractivity contribution in [3.8, 4) is 0 Å². The number of nitrogens with one attached hydrogen (secondary N) is 1. The van der Waals surface area contributed by atoms with E-state index in [1.807, 2.05) is 28.8 Å². The van der Waals surface area contributed by atoms with E-state index >= 15 is 0 Å². The van der Waals surface area contributed by atoms with Crippen LogP contribution in [0.15, 0.2) is 70.8 Å². The molecule has 0 saturated carbocycles. The van der Waals surface area contributed by atoms with Gasteiger partial charge in [-0.1, -0.05) is 41.4 Å². The molecule has 2 aromatic heterocycles. The monoisotopic (exact) mass is 553 g/mol. The van der Waals surface area contributed by atoms with E-state index in [0.717, 1.165) is 10.9 Å². The zero-order chi connectivity index (χ0) is 26.3. The molecule has 1 fully saturated rings. The number of anilines is 1. The highest BCUT2D eigenvalue weighted by atomic mass is 35.5. The number of ether oxygens (including phenoxy) is 1. The number of para-hydroxylation sites is 1. The van der Waals surface area contributed by atoms with E-state index < -0.39 is 17.8 Å². The number of furan rings is 1. The Morgan fingerprint density at radius 3 is 2.65 bits per heavy atom. The number of rotatable bonds is 5. The third kappa shape index (κ3) is 4.64. The Morgan fingerprint density at radius 2 is 1.89 bits per heavy atom. The Labute approximate surface area is 226 Å². The van der Waals surface area contributed by atoms with Crippen LogP contribution in [0.3, 0.4) is 0 Å². The second-order valence-electron chi connectivity index (χ2n) is 8.04. The molecule has 11 heteroatoms. The van der Waals surface area contributed by atoms with Crippen LogP contribution in [-0.4, -0.2) is 34.6 Å². The molecule has 0 radical (unpaired) electrons.